The van der Waals surface area contributed by atoms with Crippen LogP contribution in [0, 0.1) is 0 Å². The normalized spacial score (nSPS) is 10.7. The van der Waals surface area contributed by atoms with Crippen molar-refractivity contribution in [2.45, 2.75) is 26.8 Å². The van der Waals surface area contributed by atoms with E-state index in [2.05, 4.69) is 10.6 Å². The molecule has 0 atom stereocenters. The average Bonchev–Trinajstić information content (AvgIpc) is 3.17. The van der Waals surface area contributed by atoms with Gasteiger partial charge in [0.05, 0.1) is 11.4 Å². The summed E-state index contributed by atoms with van der Waals surface area (Å²) in [5, 5.41) is 10.4. The number of carbonyl (C=O) groups excluding carboxylic acids is 2. The minimum atomic E-state index is -0.286. The summed E-state index contributed by atoms with van der Waals surface area (Å²) in [5.41, 5.74) is 2.53. The molecule has 0 fully saturated rings. The van der Waals surface area contributed by atoms with Gasteiger partial charge in [0.25, 0.3) is 0 Å². The highest BCUT2D eigenvalue weighted by molar-refractivity contribution is 5.94. The van der Waals surface area contributed by atoms with Gasteiger partial charge in [-0.3, -0.25) is 4.79 Å². The van der Waals surface area contributed by atoms with Gasteiger partial charge in [-0.15, -0.1) is 0 Å². The number of nitrogens with one attached hydrogen (secondary N) is 2. The lowest BCUT2D eigenvalue weighted by Crippen LogP contribution is -2.47. The van der Waals surface area contributed by atoms with Gasteiger partial charge in [0.2, 0.25) is 5.91 Å². The molecular formula is C23H27N5O2. The van der Waals surface area contributed by atoms with Gasteiger partial charge in [-0.1, -0.05) is 48.5 Å². The summed E-state index contributed by atoms with van der Waals surface area (Å²) in [4.78, 5) is 26.6. The van der Waals surface area contributed by atoms with Crippen molar-refractivity contribution in [3.05, 3.63) is 66.7 Å². The first-order valence-electron chi connectivity index (χ1n) is 10.0. The Labute approximate surface area is 176 Å². The Morgan fingerprint density at radius 1 is 1.03 bits per heavy atom. The minimum Gasteiger partial charge on any atom is -0.338 e. The third-order valence-electron chi connectivity index (χ3n) is 4.57. The molecule has 2 N–H and O–H groups in total. The van der Waals surface area contributed by atoms with Crippen molar-refractivity contribution < 1.29 is 9.59 Å². The fraction of sp³-hybridized carbons (Fsp3) is 0.261. The molecule has 7 heteroatoms. The summed E-state index contributed by atoms with van der Waals surface area (Å²) < 4.78 is 1.70. The van der Waals surface area contributed by atoms with E-state index in [-0.39, 0.29) is 24.5 Å². The first kappa shape index (κ1) is 21.1. The fourth-order valence-corrected chi connectivity index (χ4v) is 3.06. The van der Waals surface area contributed by atoms with Crippen LogP contribution < -0.4 is 10.6 Å². The van der Waals surface area contributed by atoms with Gasteiger partial charge in [0, 0.05) is 24.2 Å². The predicted molar refractivity (Wildman–Crippen MR) is 119 cm³/mol. The van der Waals surface area contributed by atoms with Gasteiger partial charge in [0.1, 0.15) is 12.4 Å². The van der Waals surface area contributed by atoms with Crippen LogP contribution in [0.2, 0.25) is 0 Å². The molecule has 0 bridgehead atoms. The molecule has 30 heavy (non-hydrogen) atoms. The summed E-state index contributed by atoms with van der Waals surface area (Å²) in [5.74, 6) is 0.260. The van der Waals surface area contributed by atoms with E-state index in [0.717, 1.165) is 16.9 Å². The molecule has 3 amide bonds. The maximum Gasteiger partial charge on any atom is 0.318 e. The molecule has 3 rings (SSSR count). The Morgan fingerprint density at radius 3 is 2.27 bits per heavy atom. The van der Waals surface area contributed by atoms with E-state index in [1.54, 1.807) is 4.68 Å². The van der Waals surface area contributed by atoms with Crippen LogP contribution >= 0.6 is 0 Å². The lowest BCUT2D eigenvalue weighted by molar-refractivity contribution is -0.117. The topological polar surface area (TPSA) is 79.3 Å². The van der Waals surface area contributed by atoms with Crippen molar-refractivity contribution in [3.63, 3.8) is 0 Å². The zero-order valence-electron chi connectivity index (χ0n) is 17.5. The van der Waals surface area contributed by atoms with Crippen molar-refractivity contribution in [3.8, 4) is 16.9 Å². The highest BCUT2D eigenvalue weighted by Crippen LogP contribution is 2.24. The molecule has 3 aromatic rings. The zero-order valence-corrected chi connectivity index (χ0v) is 17.5. The highest BCUT2D eigenvalue weighted by Gasteiger charge is 2.21. The first-order valence-corrected chi connectivity index (χ1v) is 10.0. The van der Waals surface area contributed by atoms with Gasteiger partial charge in [-0.05, 0) is 32.9 Å². The second-order valence-electron chi connectivity index (χ2n) is 7.13. The number of para-hydroxylation sites is 1. The summed E-state index contributed by atoms with van der Waals surface area (Å²) in [6, 6.07) is 20.9. The van der Waals surface area contributed by atoms with Crippen molar-refractivity contribution in [2.24, 2.45) is 0 Å². The van der Waals surface area contributed by atoms with Crippen molar-refractivity contribution >= 4 is 17.8 Å². The smallest absolute Gasteiger partial charge is 0.318 e. The number of anilines is 1. The number of hydrogen-bond acceptors (Lipinski definition) is 3. The maximum atomic E-state index is 12.8. The zero-order chi connectivity index (χ0) is 21.5. The SMILES string of the molecule is CCNC(=O)N(CC(=O)Nc1cc(-c2ccccc2)nn1-c1ccccc1)C(C)C. The molecule has 0 saturated heterocycles. The number of amides is 3. The number of hydrogen-bond donors (Lipinski definition) is 2. The number of aromatic nitrogens is 2. The quantitative estimate of drug-likeness (QED) is 0.625. The van der Waals surface area contributed by atoms with Crippen molar-refractivity contribution in [2.75, 3.05) is 18.4 Å². The van der Waals surface area contributed by atoms with Crippen LogP contribution in [0.1, 0.15) is 20.8 Å². The van der Waals surface area contributed by atoms with Crippen LogP contribution in [0.5, 0.6) is 0 Å². The predicted octanol–water partition coefficient (Wildman–Crippen LogP) is 3.92. The summed E-state index contributed by atoms with van der Waals surface area (Å²) in [6.07, 6.45) is 0. The average molecular weight is 406 g/mol. The molecule has 156 valence electrons. The highest BCUT2D eigenvalue weighted by atomic mass is 16.2. The Hall–Kier alpha value is -3.61. The molecule has 1 heterocycles. The summed E-state index contributed by atoms with van der Waals surface area (Å²) in [6.45, 7) is 6.06. The molecule has 0 unspecified atom stereocenters. The fourth-order valence-electron chi connectivity index (χ4n) is 3.06. The van der Waals surface area contributed by atoms with Gasteiger partial charge >= 0.3 is 6.03 Å². The van der Waals surface area contributed by atoms with E-state index in [0.29, 0.717) is 12.4 Å². The van der Waals surface area contributed by atoms with Crippen LogP contribution in [-0.2, 0) is 4.79 Å². The molecule has 1 aromatic heterocycles. The number of rotatable bonds is 7. The van der Waals surface area contributed by atoms with E-state index in [1.165, 1.54) is 4.90 Å². The Balaban J connectivity index is 1.88. The standard InChI is InChI=1S/C23H27N5O2/c1-4-24-23(30)27(17(2)3)16-22(29)25-21-15-20(18-11-7-5-8-12-18)26-28(21)19-13-9-6-10-14-19/h5-15,17H,4,16H2,1-3H3,(H,24,30)(H,25,29). The molecule has 0 aliphatic heterocycles. The lowest BCUT2D eigenvalue weighted by Gasteiger charge is -2.26. The van der Waals surface area contributed by atoms with Crippen molar-refractivity contribution in [1.29, 1.82) is 0 Å². The number of carbonyl (C=O) groups is 2. The molecule has 0 aliphatic carbocycles. The van der Waals surface area contributed by atoms with Gasteiger partial charge in [-0.25, -0.2) is 9.48 Å². The Morgan fingerprint density at radius 2 is 1.67 bits per heavy atom. The van der Waals surface area contributed by atoms with Crippen molar-refractivity contribution in [1.82, 2.24) is 20.0 Å². The summed E-state index contributed by atoms with van der Waals surface area (Å²) >= 11 is 0. The van der Waals surface area contributed by atoms with Gasteiger partial charge < -0.3 is 15.5 Å². The molecule has 2 aromatic carbocycles. The van der Waals surface area contributed by atoms with E-state index >= 15 is 0 Å². The molecule has 0 aliphatic rings. The second kappa shape index (κ2) is 9.73. The largest absolute Gasteiger partial charge is 0.338 e. The van der Waals surface area contributed by atoms with E-state index in [9.17, 15) is 9.59 Å². The van der Waals surface area contributed by atoms with Crippen LogP contribution in [0.15, 0.2) is 66.7 Å². The summed E-state index contributed by atoms with van der Waals surface area (Å²) in [7, 11) is 0. The molecule has 0 saturated carbocycles. The van der Waals surface area contributed by atoms with E-state index < -0.39 is 0 Å². The maximum absolute atomic E-state index is 12.8. The monoisotopic (exact) mass is 405 g/mol. The Bertz CT molecular complexity index is 983. The number of nitrogens with zero attached hydrogens (tertiary/aromatic N) is 3. The number of urea groups is 1. The minimum absolute atomic E-state index is 0.0514. The lowest BCUT2D eigenvalue weighted by atomic mass is 10.1. The van der Waals surface area contributed by atoms with Crippen LogP contribution in [0.4, 0.5) is 10.6 Å². The van der Waals surface area contributed by atoms with Crippen LogP contribution in [-0.4, -0.2) is 45.8 Å². The molecular weight excluding hydrogens is 378 g/mol. The molecule has 7 nitrogen and oxygen atoms in total. The van der Waals surface area contributed by atoms with Gasteiger partial charge in [0.15, 0.2) is 0 Å². The third kappa shape index (κ3) is 5.05. The van der Waals surface area contributed by atoms with Gasteiger partial charge in [-0.2, -0.15) is 5.10 Å². The third-order valence-corrected chi connectivity index (χ3v) is 4.57. The molecule has 0 radical (unpaired) electrons. The second-order valence-corrected chi connectivity index (χ2v) is 7.13. The number of benzene rings is 2. The van der Waals surface area contributed by atoms with Crippen LogP contribution in [0.25, 0.3) is 16.9 Å². The molecule has 0 spiro atoms. The van der Waals surface area contributed by atoms with E-state index in [4.69, 9.17) is 5.10 Å². The first-order chi connectivity index (χ1) is 14.5. The van der Waals surface area contributed by atoms with E-state index in [1.807, 2.05) is 87.5 Å². The Kier molecular flexibility index (Phi) is 6.85. The van der Waals surface area contributed by atoms with Crippen LogP contribution in [0.3, 0.4) is 0 Å².